The molecule has 0 saturated carbocycles. The first-order chi connectivity index (χ1) is 18.1. The van der Waals surface area contributed by atoms with Crippen molar-refractivity contribution in [1.82, 2.24) is 15.1 Å². The SMILES string of the molecule is CCC/C=C/c1ccc(-c2c(C)c(CNC(=O)c3ccc(C(C)(C)C)cc3)nn2-c2ccc(Cl)cc2Cl)s1. The molecule has 0 spiro atoms. The second kappa shape index (κ2) is 11.9. The maximum atomic E-state index is 13.0. The molecule has 4 nitrogen and oxygen atoms in total. The normalized spacial score (nSPS) is 11.9. The number of nitrogens with one attached hydrogen (secondary N) is 1. The van der Waals surface area contributed by atoms with E-state index >= 15 is 0 Å². The number of halogens is 2. The van der Waals surface area contributed by atoms with Gasteiger partial charge in [-0.05, 0) is 72.9 Å². The molecule has 0 saturated heterocycles. The average molecular weight is 567 g/mol. The van der Waals surface area contributed by atoms with E-state index in [2.05, 4.69) is 57.3 Å². The molecule has 0 aliphatic carbocycles. The number of nitrogens with zero attached hydrogens (tertiary/aromatic N) is 2. The zero-order valence-corrected chi connectivity index (χ0v) is 24.8. The number of benzene rings is 2. The van der Waals surface area contributed by atoms with Gasteiger partial charge in [-0.3, -0.25) is 4.79 Å². The molecule has 7 heteroatoms. The number of allylic oxidation sites excluding steroid dienone is 1. The van der Waals surface area contributed by atoms with Crippen molar-refractivity contribution in [3.05, 3.63) is 98.0 Å². The molecule has 2 aromatic carbocycles. The monoisotopic (exact) mass is 565 g/mol. The number of rotatable bonds is 8. The van der Waals surface area contributed by atoms with Crippen LogP contribution in [0.5, 0.6) is 0 Å². The largest absolute Gasteiger partial charge is 0.346 e. The van der Waals surface area contributed by atoms with Crippen molar-refractivity contribution >= 4 is 46.5 Å². The van der Waals surface area contributed by atoms with Gasteiger partial charge < -0.3 is 5.32 Å². The van der Waals surface area contributed by atoms with Crippen molar-refractivity contribution in [2.45, 2.75) is 59.4 Å². The van der Waals surface area contributed by atoms with E-state index in [0.717, 1.165) is 40.4 Å². The van der Waals surface area contributed by atoms with E-state index in [-0.39, 0.29) is 11.3 Å². The zero-order chi connectivity index (χ0) is 27.4. The Labute approximate surface area is 239 Å². The summed E-state index contributed by atoms with van der Waals surface area (Å²) >= 11 is 14.5. The van der Waals surface area contributed by atoms with Gasteiger partial charge in [-0.2, -0.15) is 5.10 Å². The van der Waals surface area contributed by atoms with Crippen LogP contribution in [0.1, 0.15) is 72.6 Å². The van der Waals surface area contributed by atoms with Gasteiger partial charge in [-0.25, -0.2) is 4.68 Å². The van der Waals surface area contributed by atoms with Gasteiger partial charge in [0.15, 0.2) is 0 Å². The number of hydrogen-bond acceptors (Lipinski definition) is 3. The van der Waals surface area contributed by atoms with Gasteiger partial charge in [0.25, 0.3) is 5.91 Å². The summed E-state index contributed by atoms with van der Waals surface area (Å²) in [7, 11) is 0. The van der Waals surface area contributed by atoms with Crippen molar-refractivity contribution in [3.63, 3.8) is 0 Å². The quantitative estimate of drug-likeness (QED) is 0.231. The molecule has 4 aromatic rings. The van der Waals surface area contributed by atoms with Crippen LogP contribution in [-0.2, 0) is 12.0 Å². The summed E-state index contributed by atoms with van der Waals surface area (Å²) in [5, 5.41) is 9.02. The molecule has 198 valence electrons. The molecule has 0 unspecified atom stereocenters. The Balaban J connectivity index is 1.66. The summed E-state index contributed by atoms with van der Waals surface area (Å²) in [6, 6.07) is 17.4. The van der Waals surface area contributed by atoms with Crippen molar-refractivity contribution in [2.75, 3.05) is 0 Å². The zero-order valence-electron chi connectivity index (χ0n) is 22.4. The van der Waals surface area contributed by atoms with Gasteiger partial charge in [-0.15, -0.1) is 11.3 Å². The lowest BCUT2D eigenvalue weighted by atomic mass is 9.87. The number of amides is 1. The predicted octanol–water partition coefficient (Wildman–Crippen LogP) is 9.26. The molecule has 0 aliphatic heterocycles. The molecule has 0 bridgehead atoms. The molecule has 1 N–H and O–H groups in total. The molecular weight excluding hydrogens is 533 g/mol. The second-order valence-corrected chi connectivity index (χ2v) is 12.3. The fourth-order valence-corrected chi connectivity index (χ4v) is 5.66. The highest BCUT2D eigenvalue weighted by molar-refractivity contribution is 7.16. The third kappa shape index (κ3) is 6.40. The van der Waals surface area contributed by atoms with Gasteiger partial charge in [0.05, 0.1) is 33.5 Å². The van der Waals surface area contributed by atoms with E-state index in [1.807, 2.05) is 41.9 Å². The topological polar surface area (TPSA) is 46.9 Å². The Morgan fingerprint density at radius 1 is 1.08 bits per heavy atom. The standard InChI is InChI=1S/C31H33Cl2N3OS/c1-6-7-8-9-24-15-17-28(38-24)29-20(2)26(35-36(29)27-16-14-23(32)18-25(27)33)19-34-30(37)21-10-12-22(13-11-21)31(3,4)5/h8-18H,6-7,19H2,1-5H3,(H,34,37)/b9-8+. The summed E-state index contributed by atoms with van der Waals surface area (Å²) < 4.78 is 1.86. The van der Waals surface area contributed by atoms with Crippen LogP contribution >= 0.6 is 34.5 Å². The molecule has 0 fully saturated rings. The minimum atomic E-state index is -0.134. The second-order valence-electron chi connectivity index (χ2n) is 10.3. The summed E-state index contributed by atoms with van der Waals surface area (Å²) in [4.78, 5) is 15.2. The molecule has 0 aliphatic rings. The van der Waals surface area contributed by atoms with Gasteiger partial charge in [0, 0.05) is 21.0 Å². The minimum absolute atomic E-state index is 0.0335. The van der Waals surface area contributed by atoms with Crippen molar-refractivity contribution in [2.24, 2.45) is 0 Å². The number of carbonyl (C=O) groups is 1. The van der Waals surface area contributed by atoms with Crippen molar-refractivity contribution < 1.29 is 4.79 Å². The Hall–Kier alpha value is -2.86. The van der Waals surface area contributed by atoms with E-state index < -0.39 is 0 Å². The van der Waals surface area contributed by atoms with E-state index in [0.29, 0.717) is 22.2 Å². The first kappa shape index (κ1) is 28.2. The molecule has 2 heterocycles. The molecule has 2 aromatic heterocycles. The molecular formula is C31H33Cl2N3OS. The molecule has 4 rings (SSSR count). The molecule has 1 amide bonds. The number of thiophene rings is 1. The van der Waals surface area contributed by atoms with E-state index in [9.17, 15) is 4.79 Å². The Morgan fingerprint density at radius 2 is 1.82 bits per heavy atom. The van der Waals surface area contributed by atoms with Crippen molar-refractivity contribution in [1.29, 1.82) is 0 Å². The Kier molecular flexibility index (Phi) is 8.81. The number of carbonyl (C=O) groups excluding carboxylic acids is 1. The number of hydrogen-bond donors (Lipinski definition) is 1. The molecule has 0 atom stereocenters. The predicted molar refractivity (Wildman–Crippen MR) is 162 cm³/mol. The van der Waals surface area contributed by atoms with Crippen LogP contribution in [0.25, 0.3) is 22.3 Å². The van der Waals surface area contributed by atoms with Crippen LogP contribution in [0.2, 0.25) is 10.0 Å². The minimum Gasteiger partial charge on any atom is -0.346 e. The summed E-state index contributed by atoms with van der Waals surface area (Å²) in [6.07, 6.45) is 6.53. The van der Waals surface area contributed by atoms with Gasteiger partial charge in [0.1, 0.15) is 0 Å². The van der Waals surface area contributed by atoms with Crippen LogP contribution < -0.4 is 5.32 Å². The number of aromatic nitrogens is 2. The lowest BCUT2D eigenvalue weighted by molar-refractivity contribution is 0.0950. The van der Waals surface area contributed by atoms with Gasteiger partial charge in [0.2, 0.25) is 0 Å². The van der Waals surface area contributed by atoms with Crippen LogP contribution in [0.4, 0.5) is 0 Å². The lowest BCUT2D eigenvalue weighted by Crippen LogP contribution is -2.23. The smallest absolute Gasteiger partial charge is 0.251 e. The fraction of sp³-hybridized carbons (Fsp3) is 0.290. The lowest BCUT2D eigenvalue weighted by Gasteiger charge is -2.19. The average Bonchev–Trinajstić information content (AvgIpc) is 3.46. The van der Waals surface area contributed by atoms with E-state index in [1.54, 1.807) is 23.5 Å². The van der Waals surface area contributed by atoms with E-state index in [1.165, 1.54) is 10.4 Å². The highest BCUT2D eigenvalue weighted by atomic mass is 35.5. The van der Waals surface area contributed by atoms with Crippen LogP contribution in [0.15, 0.2) is 60.7 Å². The fourth-order valence-electron chi connectivity index (χ4n) is 4.15. The summed E-state index contributed by atoms with van der Waals surface area (Å²) in [6.45, 7) is 11.0. The maximum Gasteiger partial charge on any atom is 0.251 e. The third-order valence-electron chi connectivity index (χ3n) is 6.39. The van der Waals surface area contributed by atoms with E-state index in [4.69, 9.17) is 28.3 Å². The van der Waals surface area contributed by atoms with Gasteiger partial charge in [-0.1, -0.05) is 75.5 Å². The number of unbranched alkanes of at least 4 members (excludes halogenated alkanes) is 1. The highest BCUT2D eigenvalue weighted by Gasteiger charge is 2.21. The Morgan fingerprint density at radius 3 is 2.47 bits per heavy atom. The summed E-state index contributed by atoms with van der Waals surface area (Å²) in [5.74, 6) is -0.134. The van der Waals surface area contributed by atoms with Gasteiger partial charge >= 0.3 is 0 Å². The van der Waals surface area contributed by atoms with Crippen LogP contribution in [-0.4, -0.2) is 15.7 Å². The third-order valence-corrected chi connectivity index (χ3v) is 7.98. The van der Waals surface area contributed by atoms with Crippen molar-refractivity contribution in [3.8, 4) is 16.3 Å². The molecule has 0 radical (unpaired) electrons. The van der Waals surface area contributed by atoms with Crippen LogP contribution in [0.3, 0.4) is 0 Å². The Bertz CT molecular complexity index is 1460. The summed E-state index contributed by atoms with van der Waals surface area (Å²) in [5.41, 5.74) is 5.30. The first-order valence-electron chi connectivity index (χ1n) is 12.8. The molecule has 38 heavy (non-hydrogen) atoms. The highest BCUT2D eigenvalue weighted by Crippen LogP contribution is 2.36. The van der Waals surface area contributed by atoms with Crippen LogP contribution in [0, 0.1) is 6.92 Å². The first-order valence-corrected chi connectivity index (χ1v) is 14.3. The maximum absolute atomic E-state index is 13.0.